The first-order valence-electron chi connectivity index (χ1n) is 23.1. The number of rotatable bonds is 3. The van der Waals surface area contributed by atoms with Crippen LogP contribution in [-0.4, -0.2) is 6.71 Å². The third-order valence-electron chi connectivity index (χ3n) is 15.9. The van der Waals surface area contributed by atoms with Crippen molar-refractivity contribution in [2.24, 2.45) is 10.8 Å². The molecule has 316 valence electrons. The lowest BCUT2D eigenvalue weighted by Crippen LogP contribution is -2.61. The van der Waals surface area contributed by atoms with Crippen LogP contribution in [0.4, 0.5) is 28.4 Å². The molecule has 6 aromatic rings. The quantitative estimate of drug-likeness (QED) is 0.164. The summed E-state index contributed by atoms with van der Waals surface area (Å²) >= 11 is 2.04. The van der Waals surface area contributed by atoms with Gasteiger partial charge < -0.3 is 9.80 Å². The summed E-state index contributed by atoms with van der Waals surface area (Å²) in [6.45, 7) is 33.5. The molecule has 0 amide bonds. The highest BCUT2D eigenvalue weighted by atomic mass is 32.1. The molecular formula is C58H65BN2S. The second-order valence-electron chi connectivity index (χ2n) is 23.0. The summed E-state index contributed by atoms with van der Waals surface area (Å²) in [6, 6.07) is 36.0. The third kappa shape index (κ3) is 6.16. The van der Waals surface area contributed by atoms with E-state index in [0.29, 0.717) is 0 Å². The van der Waals surface area contributed by atoms with Gasteiger partial charge in [0.25, 0.3) is 6.71 Å². The molecule has 62 heavy (non-hydrogen) atoms. The maximum absolute atomic E-state index is 2.66. The molecule has 10 rings (SSSR count). The Labute approximate surface area is 376 Å². The normalized spacial score (nSPS) is 20.0. The predicted molar refractivity (Wildman–Crippen MR) is 273 cm³/mol. The van der Waals surface area contributed by atoms with E-state index in [0.717, 1.165) is 6.42 Å². The van der Waals surface area contributed by atoms with Gasteiger partial charge in [-0.1, -0.05) is 131 Å². The van der Waals surface area contributed by atoms with Crippen molar-refractivity contribution in [3.8, 4) is 11.1 Å². The predicted octanol–water partition coefficient (Wildman–Crippen LogP) is 14.9. The number of hydrogen-bond acceptors (Lipinski definition) is 3. The van der Waals surface area contributed by atoms with E-state index in [-0.39, 0.29) is 33.8 Å². The zero-order valence-corrected chi connectivity index (χ0v) is 40.6. The first-order chi connectivity index (χ1) is 29.1. The largest absolute Gasteiger partial charge is 0.311 e. The lowest BCUT2D eigenvalue weighted by Gasteiger charge is -2.47. The van der Waals surface area contributed by atoms with Crippen molar-refractivity contribution in [1.82, 2.24) is 0 Å². The van der Waals surface area contributed by atoms with Gasteiger partial charge in [-0.25, -0.2) is 0 Å². The van der Waals surface area contributed by atoms with Crippen LogP contribution in [0.2, 0.25) is 0 Å². The fourth-order valence-corrected chi connectivity index (χ4v) is 12.6. The Bertz CT molecular complexity index is 2900. The van der Waals surface area contributed by atoms with E-state index in [1.807, 2.05) is 11.3 Å². The third-order valence-corrected chi connectivity index (χ3v) is 17.1. The first-order valence-corrected chi connectivity index (χ1v) is 24.0. The Morgan fingerprint density at radius 1 is 0.677 bits per heavy atom. The minimum absolute atomic E-state index is 0.0566. The van der Waals surface area contributed by atoms with Crippen LogP contribution in [0.5, 0.6) is 0 Å². The van der Waals surface area contributed by atoms with Crippen molar-refractivity contribution in [2.45, 2.75) is 132 Å². The van der Waals surface area contributed by atoms with Crippen LogP contribution >= 0.6 is 11.3 Å². The number of hydrogen-bond donors (Lipinski definition) is 0. The smallest absolute Gasteiger partial charge is 0.264 e. The second-order valence-corrected chi connectivity index (χ2v) is 24.1. The van der Waals surface area contributed by atoms with Gasteiger partial charge >= 0.3 is 0 Å². The standard InChI is InChI=1S/C58H65BN2S/c1-35-29-48-51-49(30-35)61(46-25-26-58(14,34-37(46)3)55(7,8)9)47-31-38(41-18-16-15-17-36(41)2)19-24-45(47)59(51)53-52(60(48)40-22-20-39(21-23-40)54(4,5)6)42-32-43-44(33-50(42)62-53)57(12,13)28-27-56(43,10)11/h15-26,29-33H,27-28,34H2,1-14H3. The fraction of sp³-hybridized carbons (Fsp3) is 0.379. The highest BCUT2D eigenvalue weighted by Gasteiger charge is 2.48. The van der Waals surface area contributed by atoms with E-state index in [9.17, 15) is 0 Å². The summed E-state index contributed by atoms with van der Waals surface area (Å²) in [5.41, 5.74) is 22.1. The molecule has 2 aliphatic carbocycles. The van der Waals surface area contributed by atoms with Crippen LogP contribution in [0.15, 0.2) is 114 Å². The van der Waals surface area contributed by atoms with E-state index < -0.39 is 0 Å². The molecule has 0 radical (unpaired) electrons. The first kappa shape index (κ1) is 41.2. The van der Waals surface area contributed by atoms with E-state index >= 15 is 0 Å². The molecule has 2 aliphatic heterocycles. The molecule has 0 saturated carbocycles. The van der Waals surface area contributed by atoms with Crippen LogP contribution in [-0.2, 0) is 16.2 Å². The van der Waals surface area contributed by atoms with Gasteiger partial charge in [-0.05, 0) is 171 Å². The van der Waals surface area contributed by atoms with Crippen molar-refractivity contribution >= 4 is 72.3 Å². The molecule has 3 heterocycles. The summed E-state index contributed by atoms with van der Waals surface area (Å²) in [5, 5.41) is 1.39. The van der Waals surface area contributed by atoms with E-state index in [1.54, 1.807) is 0 Å². The van der Waals surface area contributed by atoms with Crippen LogP contribution in [0, 0.1) is 24.7 Å². The average Bonchev–Trinajstić information content (AvgIpc) is 3.57. The number of nitrogens with zero attached hydrogens (tertiary/aromatic N) is 2. The molecule has 1 unspecified atom stereocenters. The summed E-state index contributed by atoms with van der Waals surface area (Å²) < 4.78 is 2.85. The van der Waals surface area contributed by atoms with Gasteiger partial charge in [-0.3, -0.25) is 0 Å². The highest BCUT2D eigenvalue weighted by Crippen LogP contribution is 2.54. The molecule has 0 saturated heterocycles. The van der Waals surface area contributed by atoms with Gasteiger partial charge in [0, 0.05) is 43.3 Å². The summed E-state index contributed by atoms with van der Waals surface area (Å²) in [6.07, 6.45) is 8.41. The van der Waals surface area contributed by atoms with E-state index in [1.165, 1.54) is 117 Å². The second kappa shape index (κ2) is 13.6. The zero-order valence-electron chi connectivity index (χ0n) is 39.8. The molecule has 0 N–H and O–H groups in total. The van der Waals surface area contributed by atoms with Crippen LogP contribution in [0.1, 0.15) is 130 Å². The summed E-state index contributed by atoms with van der Waals surface area (Å²) in [4.78, 5) is 5.33. The molecule has 4 aliphatic rings. The Kier molecular flexibility index (Phi) is 9.05. The molecular weight excluding hydrogens is 768 g/mol. The Hall–Kier alpha value is -4.80. The molecule has 1 aromatic heterocycles. The maximum Gasteiger partial charge on any atom is 0.264 e. The van der Waals surface area contributed by atoms with Crippen molar-refractivity contribution in [3.63, 3.8) is 0 Å². The summed E-state index contributed by atoms with van der Waals surface area (Å²) in [5.74, 6) is 0. The molecule has 2 nitrogen and oxygen atoms in total. The molecule has 0 bridgehead atoms. The van der Waals surface area contributed by atoms with Crippen LogP contribution in [0.25, 0.3) is 21.2 Å². The Morgan fingerprint density at radius 3 is 1.95 bits per heavy atom. The molecule has 0 spiro atoms. The van der Waals surface area contributed by atoms with Gasteiger partial charge in [-0.15, -0.1) is 11.3 Å². The van der Waals surface area contributed by atoms with E-state index in [2.05, 4.69) is 210 Å². The van der Waals surface area contributed by atoms with Gasteiger partial charge in [-0.2, -0.15) is 0 Å². The lowest BCUT2D eigenvalue weighted by atomic mass is 9.36. The Morgan fingerprint density at radius 2 is 1.32 bits per heavy atom. The van der Waals surface area contributed by atoms with Crippen molar-refractivity contribution in [1.29, 1.82) is 0 Å². The van der Waals surface area contributed by atoms with Gasteiger partial charge in [0.2, 0.25) is 0 Å². The van der Waals surface area contributed by atoms with Crippen LogP contribution in [0.3, 0.4) is 0 Å². The van der Waals surface area contributed by atoms with Crippen molar-refractivity contribution in [3.05, 3.63) is 142 Å². The highest BCUT2D eigenvalue weighted by molar-refractivity contribution is 7.33. The number of anilines is 5. The minimum Gasteiger partial charge on any atom is -0.311 e. The number of allylic oxidation sites excluding steroid dienone is 3. The fourth-order valence-electron chi connectivity index (χ4n) is 11.3. The number of fused-ring (bicyclic) bond motifs is 7. The van der Waals surface area contributed by atoms with Gasteiger partial charge in [0.1, 0.15) is 0 Å². The van der Waals surface area contributed by atoms with Crippen molar-refractivity contribution < 1.29 is 0 Å². The average molecular weight is 833 g/mol. The van der Waals surface area contributed by atoms with E-state index in [4.69, 9.17) is 0 Å². The topological polar surface area (TPSA) is 6.48 Å². The SMILES string of the molecule is CC1=C(N2c3cc(-c4ccccc4C)ccc3B3c4sc5cc6c(cc5c4N(c4ccc(C(C)(C)C)cc4)c4cc(C)cc2c43)C(C)(C)CCC6(C)C)C=CC(C)(C(C)(C)C)C1. The monoisotopic (exact) mass is 832 g/mol. The van der Waals surface area contributed by atoms with Gasteiger partial charge in [0.15, 0.2) is 0 Å². The molecule has 0 fully saturated rings. The lowest BCUT2D eigenvalue weighted by molar-refractivity contribution is 0.165. The number of aryl methyl sites for hydroxylation is 2. The number of benzene rings is 5. The summed E-state index contributed by atoms with van der Waals surface area (Å²) in [7, 11) is 0. The maximum atomic E-state index is 2.66. The zero-order chi connectivity index (χ0) is 44.1. The molecule has 1 atom stereocenters. The molecule has 5 aromatic carbocycles. The Balaban J connectivity index is 1.30. The number of thiophene rings is 1. The van der Waals surface area contributed by atoms with Crippen molar-refractivity contribution in [2.75, 3.05) is 9.80 Å². The van der Waals surface area contributed by atoms with Gasteiger partial charge in [0.05, 0.1) is 5.69 Å². The minimum atomic E-state index is 0.0566. The molecule has 4 heteroatoms. The van der Waals surface area contributed by atoms with Crippen LogP contribution < -0.4 is 25.5 Å².